The summed E-state index contributed by atoms with van der Waals surface area (Å²) in [6.07, 6.45) is 0. The number of aromatic nitrogens is 3. The topological polar surface area (TPSA) is 77.8 Å². The average Bonchev–Trinajstić information content (AvgIpc) is 2.87. The minimum absolute atomic E-state index is 0.332. The molecule has 5 nitrogen and oxygen atoms in total. The van der Waals surface area contributed by atoms with Crippen molar-refractivity contribution in [2.45, 2.75) is 13.8 Å². The zero-order chi connectivity index (χ0) is 15.3. The van der Waals surface area contributed by atoms with Crippen LogP contribution in [0.4, 0.5) is 5.82 Å². The Morgan fingerprint density at radius 1 is 1.00 bits per heavy atom. The van der Waals surface area contributed by atoms with Gasteiger partial charge in [-0.3, -0.25) is 0 Å². The highest BCUT2D eigenvalue weighted by Gasteiger charge is 2.17. The van der Waals surface area contributed by atoms with Gasteiger partial charge in [0.05, 0.1) is 5.39 Å². The van der Waals surface area contributed by atoms with Crippen molar-refractivity contribution in [1.29, 1.82) is 0 Å². The summed E-state index contributed by atoms with van der Waals surface area (Å²) in [6, 6.07) is 11.8. The predicted octanol–water partition coefficient (Wildman–Crippen LogP) is 3.64. The maximum absolute atomic E-state index is 6.07. The molecule has 108 valence electrons. The number of rotatable bonds is 1. The van der Waals surface area contributed by atoms with Crippen LogP contribution < -0.4 is 5.73 Å². The number of nitrogens with zero attached hydrogens (tertiary/aromatic N) is 3. The molecule has 0 saturated heterocycles. The molecule has 2 N–H and O–H groups in total. The molecule has 0 aliphatic carbocycles. The van der Waals surface area contributed by atoms with Gasteiger partial charge < -0.3 is 10.2 Å². The number of pyridine rings is 1. The summed E-state index contributed by atoms with van der Waals surface area (Å²) in [5.41, 5.74) is 10.7. The monoisotopic (exact) mass is 290 g/mol. The molecule has 0 radical (unpaired) electrons. The smallest absolute Gasteiger partial charge is 0.229 e. The number of aryl methyl sites for hydroxylation is 2. The molecule has 3 aromatic heterocycles. The fourth-order valence-corrected chi connectivity index (χ4v) is 2.72. The van der Waals surface area contributed by atoms with Crippen LogP contribution in [0.5, 0.6) is 0 Å². The van der Waals surface area contributed by atoms with Gasteiger partial charge in [-0.15, -0.1) is 0 Å². The normalized spacial score (nSPS) is 11.4. The van der Waals surface area contributed by atoms with Crippen LogP contribution in [0.1, 0.15) is 11.3 Å². The van der Waals surface area contributed by atoms with Crippen LogP contribution in [0.3, 0.4) is 0 Å². The molecule has 0 unspecified atom stereocenters. The first-order chi connectivity index (χ1) is 10.6. The third-order valence-electron chi connectivity index (χ3n) is 3.67. The van der Waals surface area contributed by atoms with Gasteiger partial charge in [-0.25, -0.2) is 15.0 Å². The second-order valence-corrected chi connectivity index (χ2v) is 5.34. The number of fused-ring (bicyclic) bond motifs is 3. The van der Waals surface area contributed by atoms with E-state index in [-0.39, 0.29) is 0 Å². The molecular weight excluding hydrogens is 276 g/mol. The zero-order valence-corrected chi connectivity index (χ0v) is 12.3. The third kappa shape index (κ3) is 1.83. The molecular formula is C17H14N4O. The molecule has 0 atom stereocenters. The number of benzene rings is 1. The molecule has 0 spiro atoms. The Labute approximate surface area is 126 Å². The summed E-state index contributed by atoms with van der Waals surface area (Å²) < 4.78 is 5.77. The van der Waals surface area contributed by atoms with E-state index in [0.29, 0.717) is 28.5 Å². The summed E-state index contributed by atoms with van der Waals surface area (Å²) >= 11 is 0. The van der Waals surface area contributed by atoms with Crippen molar-refractivity contribution < 1.29 is 4.42 Å². The van der Waals surface area contributed by atoms with Gasteiger partial charge in [0.25, 0.3) is 0 Å². The second kappa shape index (κ2) is 4.53. The lowest BCUT2D eigenvalue weighted by molar-refractivity contribution is 0.651. The van der Waals surface area contributed by atoms with Crippen LogP contribution in [-0.2, 0) is 0 Å². The van der Waals surface area contributed by atoms with Crippen molar-refractivity contribution in [2.75, 3.05) is 5.73 Å². The summed E-state index contributed by atoms with van der Waals surface area (Å²) in [6.45, 7) is 3.95. The minimum atomic E-state index is 0.332. The number of hydrogen-bond acceptors (Lipinski definition) is 5. The number of anilines is 1. The van der Waals surface area contributed by atoms with E-state index in [9.17, 15) is 0 Å². The van der Waals surface area contributed by atoms with E-state index >= 15 is 0 Å². The minimum Gasteiger partial charge on any atom is -0.432 e. The van der Waals surface area contributed by atoms with Crippen LogP contribution in [0.2, 0.25) is 0 Å². The molecule has 4 aromatic rings. The van der Waals surface area contributed by atoms with Gasteiger partial charge in [0.15, 0.2) is 17.2 Å². The Balaban J connectivity index is 2.10. The fourth-order valence-electron chi connectivity index (χ4n) is 2.72. The average molecular weight is 290 g/mol. The van der Waals surface area contributed by atoms with Crippen LogP contribution in [0.15, 0.2) is 40.8 Å². The van der Waals surface area contributed by atoms with E-state index in [1.165, 1.54) is 0 Å². The summed E-state index contributed by atoms with van der Waals surface area (Å²) in [5.74, 6) is 0.923. The SMILES string of the molecule is Cc1cc(C)c2c(n1)oc1c(N)nc(-c3ccccc3)nc12. The Hall–Kier alpha value is -2.95. The molecule has 1 aromatic carbocycles. The van der Waals surface area contributed by atoms with Crippen molar-refractivity contribution in [3.8, 4) is 11.4 Å². The number of hydrogen-bond donors (Lipinski definition) is 1. The molecule has 0 aliphatic rings. The number of furan rings is 1. The van der Waals surface area contributed by atoms with Gasteiger partial charge in [-0.2, -0.15) is 0 Å². The predicted molar refractivity (Wildman–Crippen MR) is 86.4 cm³/mol. The lowest BCUT2D eigenvalue weighted by Gasteiger charge is -2.02. The van der Waals surface area contributed by atoms with Crippen molar-refractivity contribution in [2.24, 2.45) is 0 Å². The van der Waals surface area contributed by atoms with Crippen LogP contribution in [0, 0.1) is 13.8 Å². The molecule has 4 rings (SSSR count). The maximum atomic E-state index is 6.07. The van der Waals surface area contributed by atoms with E-state index in [1.807, 2.05) is 50.2 Å². The molecule has 0 aliphatic heterocycles. The standard InChI is InChI=1S/C17H14N4O/c1-9-8-10(2)19-17-12(9)13-14(22-17)15(18)21-16(20-13)11-6-4-3-5-7-11/h3-8H,1-2H3,(H2,18,20,21). The quantitative estimate of drug-likeness (QED) is 0.579. The van der Waals surface area contributed by atoms with Crippen LogP contribution >= 0.6 is 0 Å². The van der Waals surface area contributed by atoms with Gasteiger partial charge in [-0.1, -0.05) is 30.3 Å². The first kappa shape index (κ1) is 12.8. The maximum Gasteiger partial charge on any atom is 0.229 e. The highest BCUT2D eigenvalue weighted by molar-refractivity contribution is 6.06. The van der Waals surface area contributed by atoms with Crippen molar-refractivity contribution in [3.63, 3.8) is 0 Å². The van der Waals surface area contributed by atoms with Gasteiger partial charge in [-0.05, 0) is 25.5 Å². The first-order valence-corrected chi connectivity index (χ1v) is 7.03. The van der Waals surface area contributed by atoms with E-state index in [0.717, 1.165) is 22.2 Å². The van der Waals surface area contributed by atoms with Crippen molar-refractivity contribution >= 4 is 28.0 Å². The molecule has 0 amide bonds. The summed E-state index contributed by atoms with van der Waals surface area (Å²) in [7, 11) is 0. The first-order valence-electron chi connectivity index (χ1n) is 7.03. The van der Waals surface area contributed by atoms with E-state index < -0.39 is 0 Å². The van der Waals surface area contributed by atoms with E-state index in [2.05, 4.69) is 15.0 Å². The van der Waals surface area contributed by atoms with Crippen LogP contribution in [-0.4, -0.2) is 15.0 Å². The van der Waals surface area contributed by atoms with Gasteiger partial charge >= 0.3 is 0 Å². The second-order valence-electron chi connectivity index (χ2n) is 5.34. The van der Waals surface area contributed by atoms with Crippen molar-refractivity contribution in [1.82, 2.24) is 15.0 Å². The lowest BCUT2D eigenvalue weighted by atomic mass is 10.1. The lowest BCUT2D eigenvalue weighted by Crippen LogP contribution is -1.96. The third-order valence-corrected chi connectivity index (χ3v) is 3.67. The zero-order valence-electron chi connectivity index (χ0n) is 12.3. The van der Waals surface area contributed by atoms with Gasteiger partial charge in [0, 0.05) is 11.3 Å². The Morgan fingerprint density at radius 3 is 2.55 bits per heavy atom. The number of nitrogens with two attached hydrogens (primary N) is 1. The van der Waals surface area contributed by atoms with Crippen molar-refractivity contribution in [3.05, 3.63) is 47.7 Å². The molecule has 0 fully saturated rings. The largest absolute Gasteiger partial charge is 0.432 e. The Kier molecular flexibility index (Phi) is 2.63. The molecule has 0 bridgehead atoms. The van der Waals surface area contributed by atoms with Crippen LogP contribution in [0.25, 0.3) is 33.6 Å². The molecule has 0 saturated carbocycles. The van der Waals surface area contributed by atoms with E-state index in [4.69, 9.17) is 10.2 Å². The number of nitrogen functional groups attached to an aromatic ring is 1. The highest BCUT2D eigenvalue weighted by Crippen LogP contribution is 2.33. The molecule has 3 heterocycles. The summed E-state index contributed by atoms with van der Waals surface area (Å²) in [4.78, 5) is 13.5. The Morgan fingerprint density at radius 2 is 1.77 bits per heavy atom. The Bertz CT molecular complexity index is 1010. The molecule has 5 heteroatoms. The molecule has 22 heavy (non-hydrogen) atoms. The van der Waals surface area contributed by atoms with Gasteiger partial charge in [0.2, 0.25) is 5.71 Å². The highest BCUT2D eigenvalue weighted by atomic mass is 16.3. The summed E-state index contributed by atoms with van der Waals surface area (Å²) in [5, 5.41) is 0.895. The van der Waals surface area contributed by atoms with E-state index in [1.54, 1.807) is 0 Å². The van der Waals surface area contributed by atoms with Gasteiger partial charge in [0.1, 0.15) is 5.52 Å². The fraction of sp³-hybridized carbons (Fsp3) is 0.118.